The number of rotatable bonds is 4. The zero-order chi connectivity index (χ0) is 14.7. The van der Waals surface area contributed by atoms with Crippen LogP contribution >= 0.6 is 0 Å². The van der Waals surface area contributed by atoms with E-state index in [1.165, 1.54) is 12.1 Å². The second-order valence-electron chi connectivity index (χ2n) is 4.74. The molecule has 0 fully saturated rings. The van der Waals surface area contributed by atoms with E-state index in [0.29, 0.717) is 29.6 Å². The summed E-state index contributed by atoms with van der Waals surface area (Å²) in [5, 5.41) is 3.70. The molecule has 1 aromatic carbocycles. The Hall–Kier alpha value is -2.69. The molecular formula is C16H14FN3O. The smallest absolute Gasteiger partial charge is 0.248 e. The number of aromatic nitrogens is 2. The van der Waals surface area contributed by atoms with Crippen molar-refractivity contribution in [3.63, 3.8) is 0 Å². The van der Waals surface area contributed by atoms with Gasteiger partial charge < -0.3 is 10.3 Å². The van der Waals surface area contributed by atoms with Crippen LogP contribution in [-0.2, 0) is 6.42 Å². The highest BCUT2D eigenvalue weighted by Gasteiger charge is 2.05. The van der Waals surface area contributed by atoms with E-state index in [1.54, 1.807) is 18.3 Å². The van der Waals surface area contributed by atoms with Gasteiger partial charge in [-0.25, -0.2) is 4.39 Å². The van der Waals surface area contributed by atoms with Crippen LogP contribution in [0.5, 0.6) is 0 Å². The van der Waals surface area contributed by atoms with Gasteiger partial charge >= 0.3 is 0 Å². The van der Waals surface area contributed by atoms with Gasteiger partial charge in [0.25, 0.3) is 0 Å². The van der Waals surface area contributed by atoms with Crippen LogP contribution in [0.1, 0.15) is 5.69 Å². The van der Waals surface area contributed by atoms with E-state index in [-0.39, 0.29) is 11.4 Å². The van der Waals surface area contributed by atoms with Crippen LogP contribution in [0.2, 0.25) is 0 Å². The van der Waals surface area contributed by atoms with Crippen LogP contribution in [-0.4, -0.2) is 16.5 Å². The third-order valence-corrected chi connectivity index (χ3v) is 3.23. The number of nitrogens with zero attached hydrogens (tertiary/aromatic N) is 1. The summed E-state index contributed by atoms with van der Waals surface area (Å²) >= 11 is 0. The van der Waals surface area contributed by atoms with Crippen LogP contribution in [0.15, 0.2) is 53.5 Å². The zero-order valence-electron chi connectivity index (χ0n) is 11.3. The molecule has 0 saturated carbocycles. The van der Waals surface area contributed by atoms with Gasteiger partial charge in [-0.2, -0.15) is 0 Å². The maximum Gasteiger partial charge on any atom is 0.248 e. The molecule has 0 aliphatic heterocycles. The lowest BCUT2D eigenvalue weighted by Gasteiger charge is -2.08. The topological polar surface area (TPSA) is 57.8 Å². The van der Waals surface area contributed by atoms with E-state index in [1.807, 2.05) is 18.2 Å². The van der Waals surface area contributed by atoms with Gasteiger partial charge in [0.05, 0.1) is 11.2 Å². The van der Waals surface area contributed by atoms with Crippen molar-refractivity contribution in [2.45, 2.75) is 6.42 Å². The summed E-state index contributed by atoms with van der Waals surface area (Å²) in [6.07, 6.45) is 2.43. The van der Waals surface area contributed by atoms with Crippen LogP contribution in [0.4, 0.5) is 10.1 Å². The maximum atomic E-state index is 14.0. The summed E-state index contributed by atoms with van der Waals surface area (Å²) in [5.74, 6) is -0.337. The second-order valence-corrected chi connectivity index (χ2v) is 4.74. The molecule has 0 saturated heterocycles. The van der Waals surface area contributed by atoms with Crippen LogP contribution in [0.25, 0.3) is 10.9 Å². The van der Waals surface area contributed by atoms with E-state index in [2.05, 4.69) is 15.3 Å². The summed E-state index contributed by atoms with van der Waals surface area (Å²) in [4.78, 5) is 18.2. The third kappa shape index (κ3) is 3.08. The van der Waals surface area contributed by atoms with Gasteiger partial charge in [0, 0.05) is 36.3 Å². The molecule has 2 N–H and O–H groups in total. The first-order valence-electron chi connectivity index (χ1n) is 6.69. The normalized spacial score (nSPS) is 10.7. The molecule has 3 rings (SSSR count). The summed E-state index contributed by atoms with van der Waals surface area (Å²) in [6.45, 7) is 0.566. The van der Waals surface area contributed by atoms with Crippen LogP contribution < -0.4 is 10.9 Å². The van der Waals surface area contributed by atoms with E-state index < -0.39 is 0 Å². The molecule has 21 heavy (non-hydrogen) atoms. The molecule has 3 aromatic rings. The highest BCUT2D eigenvalue weighted by atomic mass is 19.1. The van der Waals surface area contributed by atoms with E-state index in [4.69, 9.17) is 0 Å². The molecule has 2 heterocycles. The number of anilines is 1. The Morgan fingerprint density at radius 2 is 2.10 bits per heavy atom. The standard InChI is InChI=1S/C16H14FN3O/c17-13-9-11-4-5-16(21)20-14(11)10-15(13)19-8-6-12-3-1-2-7-18-12/h1-5,7,9-10,19H,6,8H2,(H,20,21). The van der Waals surface area contributed by atoms with Crippen LogP contribution in [0.3, 0.4) is 0 Å². The van der Waals surface area contributed by atoms with Crippen molar-refractivity contribution in [2.24, 2.45) is 0 Å². The van der Waals surface area contributed by atoms with Gasteiger partial charge in [-0.3, -0.25) is 9.78 Å². The molecule has 0 unspecified atom stereocenters. The number of aromatic amines is 1. The first-order chi connectivity index (χ1) is 10.2. The van der Waals surface area contributed by atoms with Gasteiger partial charge in [-0.15, -0.1) is 0 Å². The summed E-state index contributed by atoms with van der Waals surface area (Å²) in [5.41, 5.74) is 1.73. The molecule has 0 radical (unpaired) electrons. The van der Waals surface area contributed by atoms with E-state index >= 15 is 0 Å². The maximum absolute atomic E-state index is 14.0. The Morgan fingerprint density at radius 3 is 2.90 bits per heavy atom. The zero-order valence-corrected chi connectivity index (χ0v) is 11.3. The minimum Gasteiger partial charge on any atom is -0.382 e. The van der Waals surface area contributed by atoms with Gasteiger partial charge in [0.2, 0.25) is 5.56 Å². The molecule has 0 aliphatic carbocycles. The highest BCUT2D eigenvalue weighted by Crippen LogP contribution is 2.20. The average Bonchev–Trinajstić information content (AvgIpc) is 2.49. The first kappa shape index (κ1) is 13.3. The Kier molecular flexibility index (Phi) is 3.64. The molecule has 0 bridgehead atoms. The fraction of sp³-hybridized carbons (Fsp3) is 0.125. The minimum absolute atomic E-state index is 0.200. The number of H-pyrrole nitrogens is 1. The number of benzene rings is 1. The molecule has 0 aliphatic rings. The summed E-state index contributed by atoms with van der Waals surface area (Å²) in [7, 11) is 0. The van der Waals surface area contributed by atoms with Gasteiger partial charge in [0.15, 0.2) is 0 Å². The lowest BCUT2D eigenvalue weighted by atomic mass is 10.2. The summed E-state index contributed by atoms with van der Waals surface area (Å²) < 4.78 is 14.0. The average molecular weight is 283 g/mol. The van der Waals surface area contributed by atoms with Crippen molar-refractivity contribution >= 4 is 16.6 Å². The molecule has 0 amide bonds. The fourth-order valence-electron chi connectivity index (χ4n) is 2.18. The quantitative estimate of drug-likeness (QED) is 0.774. The SMILES string of the molecule is O=c1ccc2cc(F)c(NCCc3ccccn3)cc2[nH]1. The van der Waals surface area contributed by atoms with Crippen molar-refractivity contribution in [2.75, 3.05) is 11.9 Å². The summed E-state index contributed by atoms with van der Waals surface area (Å²) in [6, 6.07) is 11.7. The van der Waals surface area contributed by atoms with E-state index in [0.717, 1.165) is 5.69 Å². The molecule has 0 spiro atoms. The Bertz CT molecular complexity index is 815. The predicted molar refractivity (Wildman–Crippen MR) is 81.0 cm³/mol. The van der Waals surface area contributed by atoms with Crippen molar-refractivity contribution in [1.82, 2.24) is 9.97 Å². The molecule has 5 heteroatoms. The van der Waals surface area contributed by atoms with E-state index in [9.17, 15) is 9.18 Å². The first-order valence-corrected chi connectivity index (χ1v) is 6.69. The number of pyridine rings is 2. The number of hydrogen-bond acceptors (Lipinski definition) is 3. The minimum atomic E-state index is -0.337. The molecular weight excluding hydrogens is 269 g/mol. The highest BCUT2D eigenvalue weighted by molar-refractivity contribution is 5.82. The van der Waals surface area contributed by atoms with Crippen molar-refractivity contribution in [1.29, 1.82) is 0 Å². The molecule has 106 valence electrons. The number of fused-ring (bicyclic) bond motifs is 1. The fourth-order valence-corrected chi connectivity index (χ4v) is 2.18. The number of hydrogen-bond donors (Lipinski definition) is 2. The Balaban J connectivity index is 1.77. The Labute approximate surface area is 120 Å². The predicted octanol–water partition coefficient (Wildman–Crippen LogP) is 2.72. The van der Waals surface area contributed by atoms with Gasteiger partial charge in [-0.1, -0.05) is 6.07 Å². The largest absolute Gasteiger partial charge is 0.382 e. The molecule has 0 atom stereocenters. The lowest BCUT2D eigenvalue weighted by molar-refractivity contribution is 0.631. The number of halogens is 1. The van der Waals surface area contributed by atoms with Crippen molar-refractivity contribution < 1.29 is 4.39 Å². The van der Waals surface area contributed by atoms with Gasteiger partial charge in [0.1, 0.15) is 5.82 Å². The van der Waals surface area contributed by atoms with Crippen LogP contribution in [0, 0.1) is 5.82 Å². The molecule has 4 nitrogen and oxygen atoms in total. The Morgan fingerprint density at radius 1 is 1.19 bits per heavy atom. The van der Waals surface area contributed by atoms with Crippen molar-refractivity contribution in [3.05, 3.63) is 70.5 Å². The monoisotopic (exact) mass is 283 g/mol. The molecule has 2 aromatic heterocycles. The lowest BCUT2D eigenvalue weighted by Crippen LogP contribution is -2.08. The van der Waals surface area contributed by atoms with Gasteiger partial charge in [-0.05, 0) is 30.3 Å². The number of nitrogens with one attached hydrogen (secondary N) is 2. The van der Waals surface area contributed by atoms with Crippen molar-refractivity contribution in [3.8, 4) is 0 Å². The third-order valence-electron chi connectivity index (χ3n) is 3.23. The second kappa shape index (κ2) is 5.75.